The van der Waals surface area contributed by atoms with E-state index in [1.165, 1.54) is 6.26 Å². The number of imide groups is 1. The van der Waals surface area contributed by atoms with Crippen molar-refractivity contribution in [2.75, 3.05) is 17.2 Å². The van der Waals surface area contributed by atoms with Crippen molar-refractivity contribution in [1.82, 2.24) is 10.2 Å². The molecule has 0 unspecified atom stereocenters. The lowest BCUT2D eigenvalue weighted by Crippen LogP contribution is -2.47. The van der Waals surface area contributed by atoms with Gasteiger partial charge in [-0.3, -0.25) is 14.5 Å². The van der Waals surface area contributed by atoms with Gasteiger partial charge in [0.15, 0.2) is 5.54 Å². The topological polar surface area (TPSA) is 82.9 Å². The molecule has 1 saturated heterocycles. The Morgan fingerprint density at radius 3 is 2.59 bits per heavy atom. The fraction of sp³-hybridized carbons (Fsp3) is 0.208. The van der Waals surface area contributed by atoms with Crippen LogP contribution in [-0.2, 0) is 15.1 Å². The molecule has 0 radical (unpaired) electrons. The molecule has 5 rings (SSSR count). The molecule has 32 heavy (non-hydrogen) atoms. The fourth-order valence-electron chi connectivity index (χ4n) is 4.20. The van der Waals surface area contributed by atoms with Crippen molar-refractivity contribution in [3.63, 3.8) is 0 Å². The summed E-state index contributed by atoms with van der Waals surface area (Å²) in [5.74, 6) is 0.171. The SMILES string of the molecule is C[C@@]1(c2ccco2)NC(=O)N(CC(=O)N2c3ccccc3SC[C@H]2c2ccccc2)C1=O. The van der Waals surface area contributed by atoms with Gasteiger partial charge in [0.1, 0.15) is 12.3 Å². The Labute approximate surface area is 189 Å². The summed E-state index contributed by atoms with van der Waals surface area (Å²) in [6, 6.07) is 19.9. The van der Waals surface area contributed by atoms with Crippen LogP contribution in [0.5, 0.6) is 0 Å². The van der Waals surface area contributed by atoms with E-state index in [1.54, 1.807) is 35.7 Å². The van der Waals surface area contributed by atoms with Crippen molar-refractivity contribution >= 4 is 35.3 Å². The second kappa shape index (κ2) is 7.87. The van der Waals surface area contributed by atoms with E-state index in [1.807, 2.05) is 54.6 Å². The summed E-state index contributed by atoms with van der Waals surface area (Å²) in [6.07, 6.45) is 1.45. The Balaban J connectivity index is 1.47. The van der Waals surface area contributed by atoms with Crippen molar-refractivity contribution in [2.24, 2.45) is 0 Å². The van der Waals surface area contributed by atoms with Gasteiger partial charge in [-0.05, 0) is 36.8 Å². The minimum Gasteiger partial charge on any atom is -0.466 e. The number of nitrogens with zero attached hydrogens (tertiary/aromatic N) is 2. The second-order valence-corrected chi connectivity index (χ2v) is 8.95. The number of benzene rings is 2. The van der Waals surface area contributed by atoms with Crippen molar-refractivity contribution in [2.45, 2.75) is 23.4 Å². The van der Waals surface area contributed by atoms with Crippen LogP contribution in [0.15, 0.2) is 82.3 Å². The van der Waals surface area contributed by atoms with Crippen LogP contribution in [0, 0.1) is 0 Å². The highest BCUT2D eigenvalue weighted by Gasteiger charge is 2.52. The van der Waals surface area contributed by atoms with Crippen LogP contribution in [0.25, 0.3) is 0 Å². The molecular weight excluding hydrogens is 426 g/mol. The zero-order valence-electron chi connectivity index (χ0n) is 17.4. The molecule has 1 aromatic heterocycles. The number of hydrogen-bond acceptors (Lipinski definition) is 5. The summed E-state index contributed by atoms with van der Waals surface area (Å²) >= 11 is 1.69. The second-order valence-electron chi connectivity index (χ2n) is 7.89. The number of furan rings is 1. The molecule has 1 N–H and O–H groups in total. The molecule has 0 spiro atoms. The zero-order valence-corrected chi connectivity index (χ0v) is 18.2. The molecule has 4 amide bonds. The highest BCUT2D eigenvalue weighted by Crippen LogP contribution is 2.43. The Morgan fingerprint density at radius 1 is 1.09 bits per heavy atom. The van der Waals surface area contributed by atoms with Gasteiger partial charge in [0.05, 0.1) is 18.0 Å². The van der Waals surface area contributed by atoms with Crippen LogP contribution < -0.4 is 10.2 Å². The predicted molar refractivity (Wildman–Crippen MR) is 120 cm³/mol. The Hall–Kier alpha value is -3.52. The smallest absolute Gasteiger partial charge is 0.325 e. The number of carbonyl (C=O) groups excluding carboxylic acids is 3. The average Bonchev–Trinajstić information content (AvgIpc) is 3.43. The van der Waals surface area contributed by atoms with E-state index >= 15 is 0 Å². The zero-order chi connectivity index (χ0) is 22.3. The monoisotopic (exact) mass is 447 g/mol. The molecule has 1 fully saturated rings. The van der Waals surface area contributed by atoms with Gasteiger partial charge < -0.3 is 14.6 Å². The Bertz CT molecular complexity index is 1180. The van der Waals surface area contributed by atoms with Crippen molar-refractivity contribution < 1.29 is 18.8 Å². The van der Waals surface area contributed by atoms with Gasteiger partial charge in [-0.15, -0.1) is 11.8 Å². The van der Waals surface area contributed by atoms with E-state index in [0.717, 1.165) is 21.0 Å². The van der Waals surface area contributed by atoms with Crippen LogP contribution in [-0.4, -0.2) is 35.0 Å². The van der Waals surface area contributed by atoms with Gasteiger partial charge in [-0.1, -0.05) is 42.5 Å². The van der Waals surface area contributed by atoms with Gasteiger partial charge in [0.2, 0.25) is 5.91 Å². The van der Waals surface area contributed by atoms with Crippen molar-refractivity contribution in [1.29, 1.82) is 0 Å². The lowest BCUT2D eigenvalue weighted by atomic mass is 9.99. The molecule has 7 nitrogen and oxygen atoms in total. The van der Waals surface area contributed by atoms with E-state index in [2.05, 4.69) is 5.32 Å². The maximum absolute atomic E-state index is 13.6. The lowest BCUT2D eigenvalue weighted by Gasteiger charge is -2.37. The van der Waals surface area contributed by atoms with Gasteiger partial charge >= 0.3 is 6.03 Å². The third-order valence-electron chi connectivity index (χ3n) is 5.87. The van der Waals surface area contributed by atoms with E-state index in [4.69, 9.17) is 4.42 Å². The number of hydrogen-bond donors (Lipinski definition) is 1. The molecule has 0 bridgehead atoms. The molecule has 8 heteroatoms. The molecule has 2 aliphatic rings. The summed E-state index contributed by atoms with van der Waals surface area (Å²) in [5, 5.41) is 2.67. The molecule has 3 heterocycles. The fourth-order valence-corrected chi connectivity index (χ4v) is 5.37. The average molecular weight is 448 g/mol. The first-order valence-corrected chi connectivity index (χ1v) is 11.2. The van der Waals surface area contributed by atoms with Crippen LogP contribution in [0.4, 0.5) is 10.5 Å². The number of amides is 4. The molecule has 2 aliphatic heterocycles. The normalized spacial score (nSPS) is 22.6. The summed E-state index contributed by atoms with van der Waals surface area (Å²) in [7, 11) is 0. The minimum absolute atomic E-state index is 0.208. The molecule has 0 saturated carbocycles. The van der Waals surface area contributed by atoms with E-state index in [-0.39, 0.29) is 18.5 Å². The first-order chi connectivity index (χ1) is 15.5. The largest absolute Gasteiger partial charge is 0.466 e. The number of anilines is 1. The number of urea groups is 1. The summed E-state index contributed by atoms with van der Waals surface area (Å²) < 4.78 is 5.37. The van der Waals surface area contributed by atoms with Gasteiger partial charge in [0.25, 0.3) is 5.91 Å². The molecule has 162 valence electrons. The van der Waals surface area contributed by atoms with Crippen molar-refractivity contribution in [3.05, 3.63) is 84.3 Å². The molecular formula is C24H21N3O4S. The first-order valence-electron chi connectivity index (χ1n) is 10.3. The highest BCUT2D eigenvalue weighted by molar-refractivity contribution is 7.99. The number of fused-ring (bicyclic) bond motifs is 1. The van der Waals surface area contributed by atoms with Gasteiger partial charge in [0, 0.05) is 10.6 Å². The van der Waals surface area contributed by atoms with E-state index in [0.29, 0.717) is 11.5 Å². The maximum atomic E-state index is 13.6. The third-order valence-corrected chi connectivity index (χ3v) is 7.01. The number of carbonyl (C=O) groups is 3. The van der Waals surface area contributed by atoms with E-state index in [9.17, 15) is 14.4 Å². The number of thioether (sulfide) groups is 1. The number of nitrogens with one attached hydrogen (secondary N) is 1. The van der Waals surface area contributed by atoms with Crippen LogP contribution >= 0.6 is 11.8 Å². The molecule has 0 aliphatic carbocycles. The Morgan fingerprint density at radius 2 is 1.84 bits per heavy atom. The molecule has 2 atom stereocenters. The number of para-hydroxylation sites is 1. The highest BCUT2D eigenvalue weighted by atomic mass is 32.2. The first kappa shape index (κ1) is 20.4. The molecule has 2 aromatic carbocycles. The van der Waals surface area contributed by atoms with Crippen LogP contribution in [0.2, 0.25) is 0 Å². The van der Waals surface area contributed by atoms with Crippen LogP contribution in [0.3, 0.4) is 0 Å². The summed E-state index contributed by atoms with van der Waals surface area (Å²) in [4.78, 5) is 43.1. The van der Waals surface area contributed by atoms with Gasteiger partial charge in [-0.2, -0.15) is 0 Å². The minimum atomic E-state index is -1.34. The van der Waals surface area contributed by atoms with Crippen molar-refractivity contribution in [3.8, 4) is 0 Å². The lowest BCUT2D eigenvalue weighted by molar-refractivity contribution is -0.134. The van der Waals surface area contributed by atoms with Gasteiger partial charge in [-0.25, -0.2) is 4.79 Å². The predicted octanol–water partition coefficient (Wildman–Crippen LogP) is 3.93. The molecule has 3 aromatic rings. The Kier molecular flexibility index (Phi) is 5.01. The third kappa shape index (κ3) is 3.27. The van der Waals surface area contributed by atoms with E-state index < -0.39 is 17.5 Å². The quantitative estimate of drug-likeness (QED) is 0.613. The van der Waals surface area contributed by atoms with Crippen LogP contribution in [0.1, 0.15) is 24.3 Å². The summed E-state index contributed by atoms with van der Waals surface area (Å²) in [5.41, 5.74) is 0.443. The number of rotatable bonds is 4. The standard InChI is InChI=1S/C24H21N3O4S/c1-24(20-12-7-13-31-20)22(29)26(23(30)25-24)14-21(28)27-17-10-5-6-11-19(17)32-15-18(27)16-8-3-2-4-9-16/h2-13,18H,14-15H2,1H3,(H,25,30)/t18-,24-/m0/s1. The summed E-state index contributed by atoms with van der Waals surface area (Å²) in [6.45, 7) is 1.22. The maximum Gasteiger partial charge on any atom is 0.325 e.